The molecule has 0 fully saturated rings. The van der Waals surface area contributed by atoms with Crippen LogP contribution in [0.25, 0.3) is 10.8 Å². The molecule has 3 aromatic rings. The van der Waals surface area contributed by atoms with Crippen molar-refractivity contribution in [2.24, 2.45) is 0 Å². The molecule has 0 unspecified atom stereocenters. The van der Waals surface area contributed by atoms with Gasteiger partial charge in [0.05, 0.1) is 0 Å². The number of aryl methyl sites for hydroxylation is 1. The second-order valence-electron chi connectivity index (χ2n) is 5.04. The molecule has 0 saturated heterocycles. The lowest BCUT2D eigenvalue weighted by Gasteiger charge is -2.12. The molecule has 1 aromatic heterocycles. The molecule has 3 rings (SSSR count). The third-order valence-corrected chi connectivity index (χ3v) is 3.51. The van der Waals surface area contributed by atoms with Gasteiger partial charge in [0, 0.05) is 29.2 Å². The van der Waals surface area contributed by atoms with E-state index in [-0.39, 0.29) is 5.82 Å². The number of aromatic nitrogens is 1. The smallest absolute Gasteiger partial charge is 0.134 e. The normalized spacial score (nSPS) is 10.8. The number of rotatable bonds is 3. The first-order valence-electron chi connectivity index (χ1n) is 6.77. The Morgan fingerprint density at radius 1 is 1.14 bits per heavy atom. The summed E-state index contributed by atoms with van der Waals surface area (Å²) in [6.45, 7) is 2.58. The zero-order valence-corrected chi connectivity index (χ0v) is 11.7. The van der Waals surface area contributed by atoms with Crippen molar-refractivity contribution in [1.82, 2.24) is 4.98 Å². The third-order valence-electron chi connectivity index (χ3n) is 3.51. The number of nitrogens with two attached hydrogens (primary N) is 1. The molecule has 1 heterocycles. The highest BCUT2D eigenvalue weighted by Gasteiger charge is 2.07. The van der Waals surface area contributed by atoms with Gasteiger partial charge in [0.15, 0.2) is 0 Å². The molecular formula is C17H16FN3. The van der Waals surface area contributed by atoms with Crippen molar-refractivity contribution < 1.29 is 4.39 Å². The van der Waals surface area contributed by atoms with Gasteiger partial charge in [-0.05, 0) is 36.2 Å². The fourth-order valence-electron chi connectivity index (χ4n) is 2.43. The van der Waals surface area contributed by atoms with Gasteiger partial charge in [0.25, 0.3) is 0 Å². The zero-order chi connectivity index (χ0) is 14.8. The van der Waals surface area contributed by atoms with Crippen molar-refractivity contribution in [3.05, 3.63) is 65.6 Å². The molecule has 4 heteroatoms. The lowest BCUT2D eigenvalue weighted by molar-refractivity contribution is 0.627. The Labute approximate surface area is 122 Å². The number of fused-ring (bicyclic) bond motifs is 1. The molecule has 0 radical (unpaired) electrons. The number of hydrogen-bond acceptors (Lipinski definition) is 3. The predicted octanol–water partition coefficient (Wildman–Crippen LogP) is 3.88. The Morgan fingerprint density at radius 2 is 1.90 bits per heavy atom. The van der Waals surface area contributed by atoms with Crippen molar-refractivity contribution in [3.8, 4) is 0 Å². The van der Waals surface area contributed by atoms with Crippen LogP contribution in [0.4, 0.5) is 15.9 Å². The number of pyridine rings is 1. The first-order chi connectivity index (χ1) is 10.1. The van der Waals surface area contributed by atoms with Gasteiger partial charge in [-0.25, -0.2) is 9.37 Å². The summed E-state index contributed by atoms with van der Waals surface area (Å²) >= 11 is 0. The van der Waals surface area contributed by atoms with E-state index >= 15 is 0 Å². The van der Waals surface area contributed by atoms with E-state index in [2.05, 4.69) is 10.3 Å². The van der Waals surface area contributed by atoms with Crippen LogP contribution in [0.1, 0.15) is 11.1 Å². The lowest BCUT2D eigenvalue weighted by atomic mass is 10.1. The summed E-state index contributed by atoms with van der Waals surface area (Å²) in [5, 5.41) is 5.31. The van der Waals surface area contributed by atoms with Crippen LogP contribution in [0, 0.1) is 12.7 Å². The van der Waals surface area contributed by atoms with E-state index in [9.17, 15) is 4.39 Å². The van der Waals surface area contributed by atoms with Gasteiger partial charge >= 0.3 is 0 Å². The first-order valence-corrected chi connectivity index (χ1v) is 6.77. The number of nitrogens with one attached hydrogen (secondary N) is 1. The monoisotopic (exact) mass is 281 g/mol. The van der Waals surface area contributed by atoms with Gasteiger partial charge in [0.1, 0.15) is 11.6 Å². The average Bonchev–Trinajstić information content (AvgIpc) is 2.48. The Morgan fingerprint density at radius 3 is 2.67 bits per heavy atom. The molecule has 0 amide bonds. The maximum atomic E-state index is 12.9. The number of nitrogen functional groups attached to an aromatic ring is 1. The van der Waals surface area contributed by atoms with Crippen molar-refractivity contribution >= 4 is 22.3 Å². The van der Waals surface area contributed by atoms with Gasteiger partial charge in [-0.1, -0.05) is 24.3 Å². The number of anilines is 2. The molecule has 3 N–H and O–H groups in total. The van der Waals surface area contributed by atoms with E-state index in [4.69, 9.17) is 5.73 Å². The molecular weight excluding hydrogens is 265 g/mol. The van der Waals surface area contributed by atoms with E-state index in [1.165, 1.54) is 12.1 Å². The Bertz CT molecular complexity index is 774. The number of benzene rings is 2. The SMILES string of the molecule is Cc1cnc(NCc2ccc(F)cc2)c2cccc(N)c12. The summed E-state index contributed by atoms with van der Waals surface area (Å²) in [7, 11) is 0. The van der Waals surface area contributed by atoms with Crippen LogP contribution < -0.4 is 11.1 Å². The summed E-state index contributed by atoms with van der Waals surface area (Å²) in [6.07, 6.45) is 1.81. The van der Waals surface area contributed by atoms with E-state index < -0.39 is 0 Å². The highest BCUT2D eigenvalue weighted by Crippen LogP contribution is 2.29. The van der Waals surface area contributed by atoms with Crippen LogP contribution in [0.3, 0.4) is 0 Å². The van der Waals surface area contributed by atoms with Crippen molar-refractivity contribution in [2.45, 2.75) is 13.5 Å². The summed E-state index contributed by atoms with van der Waals surface area (Å²) in [6, 6.07) is 12.2. The second kappa shape index (κ2) is 5.40. The highest BCUT2D eigenvalue weighted by atomic mass is 19.1. The number of hydrogen-bond donors (Lipinski definition) is 2. The topological polar surface area (TPSA) is 50.9 Å². The third kappa shape index (κ3) is 2.65. The van der Waals surface area contributed by atoms with Crippen LogP contribution in [-0.2, 0) is 6.54 Å². The van der Waals surface area contributed by atoms with Gasteiger partial charge in [0.2, 0.25) is 0 Å². The van der Waals surface area contributed by atoms with Gasteiger partial charge in [-0.3, -0.25) is 0 Å². The van der Waals surface area contributed by atoms with E-state index in [1.54, 1.807) is 12.1 Å². The molecule has 0 atom stereocenters. The van der Waals surface area contributed by atoms with E-state index in [0.29, 0.717) is 6.54 Å². The highest BCUT2D eigenvalue weighted by molar-refractivity contribution is 6.01. The minimum Gasteiger partial charge on any atom is -0.398 e. The van der Waals surface area contributed by atoms with Crippen LogP contribution in [-0.4, -0.2) is 4.98 Å². The molecule has 3 nitrogen and oxygen atoms in total. The van der Waals surface area contributed by atoms with E-state index in [0.717, 1.165) is 33.4 Å². The quantitative estimate of drug-likeness (QED) is 0.716. The number of halogens is 1. The van der Waals surface area contributed by atoms with Crippen LogP contribution in [0.5, 0.6) is 0 Å². The standard InChI is InChI=1S/C17H16FN3/c1-11-9-20-17(14-3-2-4-15(19)16(11)14)21-10-12-5-7-13(18)8-6-12/h2-9H,10,19H2,1H3,(H,20,21). The van der Waals surface area contributed by atoms with Crippen LogP contribution >= 0.6 is 0 Å². The largest absolute Gasteiger partial charge is 0.398 e. The van der Waals surface area contributed by atoms with Crippen molar-refractivity contribution in [3.63, 3.8) is 0 Å². The molecule has 0 aliphatic heterocycles. The molecule has 0 aliphatic rings. The first kappa shape index (κ1) is 13.4. The maximum absolute atomic E-state index is 12.9. The zero-order valence-electron chi connectivity index (χ0n) is 11.7. The molecule has 0 spiro atoms. The average molecular weight is 281 g/mol. The molecule has 0 aliphatic carbocycles. The van der Waals surface area contributed by atoms with Gasteiger partial charge < -0.3 is 11.1 Å². The molecule has 0 saturated carbocycles. The Balaban J connectivity index is 1.92. The number of nitrogens with zero attached hydrogens (tertiary/aromatic N) is 1. The minimum atomic E-state index is -0.231. The van der Waals surface area contributed by atoms with Crippen LogP contribution in [0.2, 0.25) is 0 Å². The lowest BCUT2D eigenvalue weighted by Crippen LogP contribution is -2.03. The Hall–Kier alpha value is -2.62. The van der Waals surface area contributed by atoms with E-state index in [1.807, 2.05) is 31.3 Å². The molecule has 106 valence electrons. The Kier molecular flexibility index (Phi) is 3.44. The summed E-state index contributed by atoms with van der Waals surface area (Å²) < 4.78 is 12.9. The second-order valence-corrected chi connectivity index (χ2v) is 5.04. The molecule has 2 aromatic carbocycles. The van der Waals surface area contributed by atoms with Crippen LogP contribution in [0.15, 0.2) is 48.7 Å². The summed E-state index contributed by atoms with van der Waals surface area (Å²) in [5.74, 6) is 0.553. The van der Waals surface area contributed by atoms with Crippen molar-refractivity contribution in [1.29, 1.82) is 0 Å². The molecule has 0 bridgehead atoms. The predicted molar refractivity (Wildman–Crippen MR) is 84.6 cm³/mol. The van der Waals surface area contributed by atoms with Gasteiger partial charge in [-0.15, -0.1) is 0 Å². The van der Waals surface area contributed by atoms with Gasteiger partial charge in [-0.2, -0.15) is 0 Å². The summed E-state index contributed by atoms with van der Waals surface area (Å²) in [4.78, 5) is 4.44. The molecule has 21 heavy (non-hydrogen) atoms. The van der Waals surface area contributed by atoms with Crippen molar-refractivity contribution in [2.75, 3.05) is 11.1 Å². The minimum absolute atomic E-state index is 0.231. The fraction of sp³-hybridized carbons (Fsp3) is 0.118. The summed E-state index contributed by atoms with van der Waals surface area (Å²) in [5.41, 5.74) is 8.85. The maximum Gasteiger partial charge on any atom is 0.134 e. The fourth-order valence-corrected chi connectivity index (χ4v) is 2.43.